The second kappa shape index (κ2) is 8.70. The minimum Gasteiger partial charge on any atom is -0.497 e. The van der Waals surface area contributed by atoms with Gasteiger partial charge < -0.3 is 10.5 Å². The molecule has 1 aliphatic heterocycles. The van der Waals surface area contributed by atoms with Gasteiger partial charge in [-0.25, -0.2) is 0 Å². The van der Waals surface area contributed by atoms with Crippen LogP contribution in [0.1, 0.15) is 36.8 Å². The lowest BCUT2D eigenvalue weighted by atomic mass is 10.1. The van der Waals surface area contributed by atoms with Gasteiger partial charge in [-0.3, -0.25) is 10.3 Å². The third-order valence-corrected chi connectivity index (χ3v) is 3.91. The Morgan fingerprint density at radius 3 is 2.73 bits per heavy atom. The van der Waals surface area contributed by atoms with E-state index in [1.54, 1.807) is 13.3 Å². The van der Waals surface area contributed by atoms with Gasteiger partial charge in [-0.15, -0.1) is 0 Å². The highest BCUT2D eigenvalue weighted by molar-refractivity contribution is 7.80. The minimum absolute atomic E-state index is 0.166. The van der Waals surface area contributed by atoms with E-state index in [2.05, 4.69) is 21.5 Å². The Balaban J connectivity index is 2.14. The predicted octanol–water partition coefficient (Wildman–Crippen LogP) is 2.24. The van der Waals surface area contributed by atoms with Crippen molar-refractivity contribution in [2.75, 3.05) is 20.2 Å². The molecule has 0 atom stereocenters. The van der Waals surface area contributed by atoms with Crippen molar-refractivity contribution >= 4 is 23.5 Å². The van der Waals surface area contributed by atoms with Crippen LogP contribution in [0.5, 0.6) is 5.75 Å². The summed E-state index contributed by atoms with van der Waals surface area (Å²) in [5.41, 5.74) is 10.2. The smallest absolute Gasteiger partial charge is 0.184 e. The summed E-state index contributed by atoms with van der Waals surface area (Å²) in [5.74, 6) is 0.865. The average molecular weight is 320 g/mol. The molecular weight excluding hydrogens is 296 g/mol. The summed E-state index contributed by atoms with van der Waals surface area (Å²) >= 11 is 4.75. The predicted molar refractivity (Wildman–Crippen MR) is 94.3 cm³/mol. The largest absolute Gasteiger partial charge is 0.497 e. The first-order valence-corrected chi connectivity index (χ1v) is 8.07. The molecule has 1 aromatic rings. The van der Waals surface area contributed by atoms with Crippen molar-refractivity contribution in [2.24, 2.45) is 10.8 Å². The first kappa shape index (κ1) is 16.7. The number of thiocarbonyl (C=S) groups is 1. The van der Waals surface area contributed by atoms with E-state index >= 15 is 0 Å². The Labute approximate surface area is 137 Å². The van der Waals surface area contributed by atoms with E-state index < -0.39 is 0 Å². The quantitative estimate of drug-likeness (QED) is 0.495. The van der Waals surface area contributed by atoms with Crippen LogP contribution in [0.3, 0.4) is 0 Å². The van der Waals surface area contributed by atoms with Crippen LogP contribution in [0.15, 0.2) is 23.3 Å². The van der Waals surface area contributed by atoms with Gasteiger partial charge in [0.25, 0.3) is 0 Å². The summed E-state index contributed by atoms with van der Waals surface area (Å²) in [6, 6.07) is 6.03. The van der Waals surface area contributed by atoms with Crippen LogP contribution >= 0.6 is 12.2 Å². The molecule has 22 heavy (non-hydrogen) atoms. The summed E-state index contributed by atoms with van der Waals surface area (Å²) in [6.07, 6.45) is 6.97. The number of methoxy groups -OCH3 is 1. The van der Waals surface area contributed by atoms with Gasteiger partial charge in [0.15, 0.2) is 5.11 Å². The molecule has 0 unspecified atom stereocenters. The molecule has 0 bridgehead atoms. The first-order valence-electron chi connectivity index (χ1n) is 7.67. The highest BCUT2D eigenvalue weighted by atomic mass is 32.1. The summed E-state index contributed by atoms with van der Waals surface area (Å²) in [5, 5.41) is 4.23. The topological polar surface area (TPSA) is 62.9 Å². The van der Waals surface area contributed by atoms with Gasteiger partial charge in [0.1, 0.15) is 5.75 Å². The third kappa shape index (κ3) is 5.27. The van der Waals surface area contributed by atoms with Crippen molar-refractivity contribution in [3.8, 4) is 5.75 Å². The normalized spacial score (nSPS) is 16.4. The molecule has 120 valence electrons. The van der Waals surface area contributed by atoms with Gasteiger partial charge >= 0.3 is 0 Å². The number of benzene rings is 1. The molecule has 1 aromatic carbocycles. The molecule has 1 saturated heterocycles. The van der Waals surface area contributed by atoms with Crippen LogP contribution in [0.2, 0.25) is 0 Å². The molecule has 6 heteroatoms. The number of nitrogens with one attached hydrogen (secondary N) is 1. The van der Waals surface area contributed by atoms with E-state index in [1.807, 2.05) is 12.1 Å². The second-order valence-corrected chi connectivity index (χ2v) is 5.93. The third-order valence-electron chi connectivity index (χ3n) is 3.82. The molecule has 0 aromatic heterocycles. The number of hydrogen-bond acceptors (Lipinski definition) is 4. The number of likely N-dealkylation sites (tertiary alicyclic amines) is 1. The lowest BCUT2D eigenvalue weighted by Crippen LogP contribution is -2.25. The Morgan fingerprint density at radius 1 is 1.36 bits per heavy atom. The van der Waals surface area contributed by atoms with Crippen molar-refractivity contribution in [1.82, 2.24) is 10.3 Å². The van der Waals surface area contributed by atoms with Gasteiger partial charge in [0.05, 0.1) is 13.3 Å². The van der Waals surface area contributed by atoms with Crippen molar-refractivity contribution in [3.05, 3.63) is 29.3 Å². The minimum atomic E-state index is 0.166. The Hall–Kier alpha value is -1.66. The van der Waals surface area contributed by atoms with E-state index in [0.717, 1.165) is 30.9 Å². The van der Waals surface area contributed by atoms with E-state index in [9.17, 15) is 0 Å². The number of ether oxygens (including phenoxy) is 1. The van der Waals surface area contributed by atoms with Crippen molar-refractivity contribution in [3.63, 3.8) is 0 Å². The Kier molecular flexibility index (Phi) is 6.61. The highest BCUT2D eigenvalue weighted by Crippen LogP contribution is 2.20. The maximum atomic E-state index is 5.39. The van der Waals surface area contributed by atoms with E-state index in [0.29, 0.717) is 0 Å². The first-order chi connectivity index (χ1) is 10.7. The molecule has 2 rings (SSSR count). The maximum absolute atomic E-state index is 5.39. The number of hydrazone groups is 1. The highest BCUT2D eigenvalue weighted by Gasteiger charge is 2.12. The number of rotatable bonds is 5. The molecule has 5 nitrogen and oxygen atoms in total. The van der Waals surface area contributed by atoms with Crippen molar-refractivity contribution < 1.29 is 4.74 Å². The van der Waals surface area contributed by atoms with E-state index in [4.69, 9.17) is 22.7 Å². The number of nitrogens with zero attached hydrogens (tertiary/aromatic N) is 2. The van der Waals surface area contributed by atoms with Crippen LogP contribution in [-0.4, -0.2) is 36.4 Å². The summed E-state index contributed by atoms with van der Waals surface area (Å²) in [4.78, 5) is 2.50. The molecule has 1 fully saturated rings. The van der Waals surface area contributed by atoms with Gasteiger partial charge in [-0.05, 0) is 67.5 Å². The molecule has 0 spiro atoms. The standard InChI is InChI=1S/C16H24N4OS/c1-21-15-7-6-13(11-18-19-16(17)22)14(10-15)12-20-8-4-2-3-5-9-20/h6-7,10-11H,2-5,8-9,12H2,1H3,(H3,17,19,22). The average Bonchev–Trinajstić information content (AvgIpc) is 2.77. The fourth-order valence-electron chi connectivity index (χ4n) is 2.67. The fraction of sp³-hybridized carbons (Fsp3) is 0.500. The maximum Gasteiger partial charge on any atom is 0.184 e. The van der Waals surface area contributed by atoms with Gasteiger partial charge in [0.2, 0.25) is 0 Å². The Morgan fingerprint density at radius 2 is 2.09 bits per heavy atom. The molecule has 0 aliphatic carbocycles. The molecular formula is C16H24N4OS. The summed E-state index contributed by atoms with van der Waals surface area (Å²) in [6.45, 7) is 3.21. The second-order valence-electron chi connectivity index (χ2n) is 5.49. The lowest BCUT2D eigenvalue weighted by Gasteiger charge is -2.21. The Bertz CT molecular complexity index is 525. The number of nitrogens with two attached hydrogens (primary N) is 1. The molecule has 0 radical (unpaired) electrons. The molecule has 0 amide bonds. The SMILES string of the molecule is COc1ccc(C=NNC(N)=S)c(CN2CCCCCC2)c1. The molecule has 0 saturated carbocycles. The zero-order chi connectivity index (χ0) is 15.8. The van der Waals surface area contributed by atoms with E-state index in [-0.39, 0.29) is 5.11 Å². The monoisotopic (exact) mass is 320 g/mol. The number of hydrogen-bond donors (Lipinski definition) is 2. The zero-order valence-electron chi connectivity index (χ0n) is 13.0. The zero-order valence-corrected chi connectivity index (χ0v) is 13.9. The van der Waals surface area contributed by atoms with Gasteiger partial charge in [-0.2, -0.15) is 5.10 Å². The van der Waals surface area contributed by atoms with Crippen LogP contribution in [-0.2, 0) is 6.54 Å². The van der Waals surface area contributed by atoms with Gasteiger partial charge in [0, 0.05) is 6.54 Å². The lowest BCUT2D eigenvalue weighted by molar-refractivity contribution is 0.276. The van der Waals surface area contributed by atoms with Crippen molar-refractivity contribution in [2.45, 2.75) is 32.2 Å². The summed E-state index contributed by atoms with van der Waals surface area (Å²) < 4.78 is 5.35. The van der Waals surface area contributed by atoms with Crippen LogP contribution in [0, 0.1) is 0 Å². The fourth-order valence-corrected chi connectivity index (χ4v) is 2.73. The molecule has 1 aliphatic rings. The van der Waals surface area contributed by atoms with E-state index in [1.165, 1.54) is 31.2 Å². The van der Waals surface area contributed by atoms with Crippen LogP contribution < -0.4 is 15.9 Å². The van der Waals surface area contributed by atoms with Gasteiger partial charge in [-0.1, -0.05) is 12.8 Å². The van der Waals surface area contributed by atoms with Crippen LogP contribution in [0.4, 0.5) is 0 Å². The summed E-state index contributed by atoms with van der Waals surface area (Å²) in [7, 11) is 1.69. The van der Waals surface area contributed by atoms with Crippen LogP contribution in [0.25, 0.3) is 0 Å². The van der Waals surface area contributed by atoms with Crippen molar-refractivity contribution in [1.29, 1.82) is 0 Å². The molecule has 1 heterocycles. The molecule has 3 N–H and O–H groups in total.